The molecule has 1 aromatic carbocycles. The number of carbonyl (C=O) groups is 2. The number of nitrogens with one attached hydrogen (secondary N) is 2. The van der Waals surface area contributed by atoms with Gasteiger partial charge >= 0.3 is 0 Å². The predicted molar refractivity (Wildman–Crippen MR) is 92.4 cm³/mol. The smallest absolute Gasteiger partial charge is 0.257 e. The standard InChI is InChI=1S/C15H14FN3O2S2/c1-7-8(2)23-14(11(7)12(17)20)19-15(22)18-13(21)9-3-5-10(16)6-4-9/h3-6H,1-2H3,(H2,17,20)(H2,18,19,21,22). The van der Waals surface area contributed by atoms with Crippen LogP contribution in [0.1, 0.15) is 31.2 Å². The highest BCUT2D eigenvalue weighted by molar-refractivity contribution is 7.80. The Balaban J connectivity index is 2.11. The molecule has 0 saturated carbocycles. The Bertz CT molecular complexity index is 785. The highest BCUT2D eigenvalue weighted by Crippen LogP contribution is 2.31. The van der Waals surface area contributed by atoms with Crippen molar-refractivity contribution in [2.75, 3.05) is 5.32 Å². The second-order valence-electron chi connectivity index (χ2n) is 4.77. The molecule has 0 radical (unpaired) electrons. The summed E-state index contributed by atoms with van der Waals surface area (Å²) in [5, 5.41) is 5.80. The molecular formula is C15H14FN3O2S2. The zero-order chi connectivity index (χ0) is 17.1. The van der Waals surface area contributed by atoms with Crippen LogP contribution in [0.25, 0.3) is 0 Å². The number of thiocarbonyl (C=S) groups is 1. The van der Waals surface area contributed by atoms with Gasteiger partial charge in [-0.25, -0.2) is 4.39 Å². The lowest BCUT2D eigenvalue weighted by atomic mass is 10.1. The second-order valence-corrected chi connectivity index (χ2v) is 6.40. The first-order valence-corrected chi connectivity index (χ1v) is 7.79. The number of rotatable bonds is 3. The maximum absolute atomic E-state index is 12.8. The van der Waals surface area contributed by atoms with Crippen LogP contribution < -0.4 is 16.4 Å². The quantitative estimate of drug-likeness (QED) is 0.743. The van der Waals surface area contributed by atoms with Crippen LogP contribution in [0.5, 0.6) is 0 Å². The monoisotopic (exact) mass is 351 g/mol. The number of aryl methyl sites for hydroxylation is 1. The summed E-state index contributed by atoms with van der Waals surface area (Å²) < 4.78 is 12.8. The van der Waals surface area contributed by atoms with Crippen LogP contribution in [0.4, 0.5) is 9.39 Å². The molecule has 1 heterocycles. The van der Waals surface area contributed by atoms with Gasteiger partial charge in [0.2, 0.25) is 0 Å². The Kier molecular flexibility index (Phi) is 5.07. The molecule has 5 nitrogen and oxygen atoms in total. The SMILES string of the molecule is Cc1sc(NC(=S)NC(=O)c2ccc(F)cc2)c(C(N)=O)c1C. The van der Waals surface area contributed by atoms with Crippen molar-refractivity contribution in [3.05, 3.63) is 51.7 Å². The first-order valence-electron chi connectivity index (χ1n) is 6.57. The molecule has 0 bridgehead atoms. The average Bonchev–Trinajstić information content (AvgIpc) is 2.74. The summed E-state index contributed by atoms with van der Waals surface area (Å²) in [5.41, 5.74) is 6.77. The van der Waals surface area contributed by atoms with Gasteiger partial charge in [0.1, 0.15) is 10.8 Å². The lowest BCUT2D eigenvalue weighted by Gasteiger charge is -2.09. The van der Waals surface area contributed by atoms with Crippen molar-refractivity contribution < 1.29 is 14.0 Å². The van der Waals surface area contributed by atoms with E-state index < -0.39 is 17.6 Å². The molecule has 0 aliphatic heterocycles. The number of carbonyl (C=O) groups excluding carboxylic acids is 2. The molecule has 2 rings (SSSR count). The maximum Gasteiger partial charge on any atom is 0.257 e. The zero-order valence-corrected chi connectivity index (χ0v) is 14.0. The molecule has 23 heavy (non-hydrogen) atoms. The summed E-state index contributed by atoms with van der Waals surface area (Å²) >= 11 is 6.40. The van der Waals surface area contributed by atoms with Gasteiger partial charge in [0, 0.05) is 10.4 Å². The summed E-state index contributed by atoms with van der Waals surface area (Å²) in [5.74, 6) is -1.48. The van der Waals surface area contributed by atoms with Crippen LogP contribution in [0, 0.1) is 19.7 Å². The van der Waals surface area contributed by atoms with Crippen LogP contribution in [-0.4, -0.2) is 16.9 Å². The van der Waals surface area contributed by atoms with E-state index in [0.29, 0.717) is 10.6 Å². The van der Waals surface area contributed by atoms with Crippen molar-refractivity contribution in [2.45, 2.75) is 13.8 Å². The fourth-order valence-corrected chi connectivity index (χ4v) is 3.25. The molecule has 0 spiro atoms. The van der Waals surface area contributed by atoms with E-state index in [0.717, 1.165) is 10.4 Å². The van der Waals surface area contributed by atoms with Crippen molar-refractivity contribution in [2.24, 2.45) is 5.73 Å². The average molecular weight is 351 g/mol. The van der Waals surface area contributed by atoms with Gasteiger partial charge in [-0.1, -0.05) is 0 Å². The number of primary amides is 1. The minimum absolute atomic E-state index is 0.0306. The van der Waals surface area contributed by atoms with E-state index in [1.807, 2.05) is 6.92 Å². The third-order valence-corrected chi connectivity index (χ3v) is 4.52. The minimum atomic E-state index is -0.568. The Morgan fingerprint density at radius 3 is 2.39 bits per heavy atom. The van der Waals surface area contributed by atoms with E-state index in [4.69, 9.17) is 18.0 Å². The molecule has 0 atom stereocenters. The molecule has 2 aromatic rings. The number of thiophene rings is 1. The molecule has 8 heteroatoms. The van der Waals surface area contributed by atoms with Gasteiger partial charge in [0.05, 0.1) is 5.56 Å². The Labute approximate surface area is 141 Å². The molecule has 4 N–H and O–H groups in total. The van der Waals surface area contributed by atoms with Crippen molar-refractivity contribution in [3.8, 4) is 0 Å². The van der Waals surface area contributed by atoms with Crippen molar-refractivity contribution >= 4 is 45.5 Å². The summed E-state index contributed by atoms with van der Waals surface area (Å²) in [7, 11) is 0. The minimum Gasteiger partial charge on any atom is -0.365 e. The van der Waals surface area contributed by atoms with Crippen molar-refractivity contribution in [1.29, 1.82) is 0 Å². The van der Waals surface area contributed by atoms with Crippen LogP contribution in [-0.2, 0) is 0 Å². The van der Waals surface area contributed by atoms with Crippen LogP contribution in [0.2, 0.25) is 0 Å². The molecule has 1 aromatic heterocycles. The van der Waals surface area contributed by atoms with E-state index >= 15 is 0 Å². The highest BCUT2D eigenvalue weighted by Gasteiger charge is 2.18. The first kappa shape index (κ1) is 17.0. The summed E-state index contributed by atoms with van der Waals surface area (Å²) in [6, 6.07) is 5.06. The number of amides is 2. The van der Waals surface area contributed by atoms with Crippen LogP contribution in [0.15, 0.2) is 24.3 Å². The summed E-state index contributed by atoms with van der Waals surface area (Å²) in [6.07, 6.45) is 0. The molecule has 2 amide bonds. The lowest BCUT2D eigenvalue weighted by molar-refractivity contribution is 0.0975. The fourth-order valence-electron chi connectivity index (χ4n) is 1.92. The van der Waals surface area contributed by atoms with E-state index in [1.54, 1.807) is 6.92 Å². The number of hydrogen-bond acceptors (Lipinski definition) is 4. The van der Waals surface area contributed by atoms with Gasteiger partial charge in [-0.15, -0.1) is 11.3 Å². The molecule has 0 aliphatic rings. The van der Waals surface area contributed by atoms with Crippen molar-refractivity contribution in [3.63, 3.8) is 0 Å². The van der Waals surface area contributed by atoms with E-state index in [2.05, 4.69) is 10.6 Å². The van der Waals surface area contributed by atoms with Crippen molar-refractivity contribution in [1.82, 2.24) is 5.32 Å². The van der Waals surface area contributed by atoms with Gasteiger partial charge in [-0.2, -0.15) is 0 Å². The fraction of sp³-hybridized carbons (Fsp3) is 0.133. The molecule has 0 unspecified atom stereocenters. The normalized spacial score (nSPS) is 10.2. The topological polar surface area (TPSA) is 84.2 Å². The summed E-state index contributed by atoms with van der Waals surface area (Å²) in [6.45, 7) is 3.65. The van der Waals surface area contributed by atoms with Crippen LogP contribution >= 0.6 is 23.6 Å². The van der Waals surface area contributed by atoms with E-state index in [-0.39, 0.29) is 10.7 Å². The van der Waals surface area contributed by atoms with Gasteiger partial charge in [0.25, 0.3) is 11.8 Å². The van der Waals surface area contributed by atoms with E-state index in [9.17, 15) is 14.0 Å². The maximum atomic E-state index is 12.8. The Morgan fingerprint density at radius 2 is 1.83 bits per heavy atom. The largest absolute Gasteiger partial charge is 0.365 e. The number of anilines is 1. The molecule has 0 aliphatic carbocycles. The zero-order valence-electron chi connectivity index (χ0n) is 12.4. The predicted octanol–water partition coefficient (Wildman–Crippen LogP) is 2.73. The Hall–Kier alpha value is -2.32. The van der Waals surface area contributed by atoms with Crippen LogP contribution in [0.3, 0.4) is 0 Å². The number of nitrogens with two attached hydrogens (primary N) is 1. The first-order chi connectivity index (χ1) is 10.8. The Morgan fingerprint density at radius 1 is 1.22 bits per heavy atom. The number of halogens is 1. The second kappa shape index (κ2) is 6.84. The molecule has 120 valence electrons. The molecule has 0 fully saturated rings. The van der Waals surface area contributed by atoms with Gasteiger partial charge in [-0.3, -0.25) is 14.9 Å². The summed E-state index contributed by atoms with van der Waals surface area (Å²) in [4.78, 5) is 24.5. The van der Waals surface area contributed by atoms with Gasteiger partial charge in [0.15, 0.2) is 5.11 Å². The molecule has 0 saturated heterocycles. The third kappa shape index (κ3) is 3.91. The molecular weight excluding hydrogens is 337 g/mol. The number of hydrogen-bond donors (Lipinski definition) is 3. The lowest BCUT2D eigenvalue weighted by Crippen LogP contribution is -2.34. The number of benzene rings is 1. The highest BCUT2D eigenvalue weighted by atomic mass is 32.1. The van der Waals surface area contributed by atoms with Gasteiger partial charge in [-0.05, 0) is 55.9 Å². The van der Waals surface area contributed by atoms with E-state index in [1.165, 1.54) is 35.6 Å². The van der Waals surface area contributed by atoms with Gasteiger partial charge < -0.3 is 11.1 Å². The third-order valence-electron chi connectivity index (χ3n) is 3.19.